The lowest BCUT2D eigenvalue weighted by atomic mass is 10.3. The van der Waals surface area contributed by atoms with E-state index in [2.05, 4.69) is 4.98 Å². The molecule has 13 heavy (non-hydrogen) atoms. The van der Waals surface area contributed by atoms with Crippen LogP contribution in [0.25, 0.3) is 0 Å². The summed E-state index contributed by atoms with van der Waals surface area (Å²) < 4.78 is 5.21. The number of hydrogen-bond acceptors (Lipinski definition) is 3. The van der Waals surface area contributed by atoms with E-state index in [-0.39, 0.29) is 5.43 Å². The minimum Gasteiger partial charge on any atom is -0.378 e. The van der Waals surface area contributed by atoms with Crippen molar-refractivity contribution in [1.82, 2.24) is 4.98 Å². The summed E-state index contributed by atoms with van der Waals surface area (Å²) in [6.45, 7) is 3.00. The van der Waals surface area contributed by atoms with Crippen LogP contribution in [0.2, 0.25) is 0 Å². The molecule has 4 heteroatoms. The Balaban J connectivity index is 2.24. The number of hydrogen-bond donors (Lipinski definition) is 1. The van der Waals surface area contributed by atoms with Gasteiger partial charge in [-0.2, -0.15) is 0 Å². The van der Waals surface area contributed by atoms with Gasteiger partial charge in [-0.3, -0.25) is 4.79 Å². The predicted molar refractivity (Wildman–Crippen MR) is 50.1 cm³/mol. The maximum atomic E-state index is 11.4. The van der Waals surface area contributed by atoms with Crippen molar-refractivity contribution >= 4 is 5.69 Å². The zero-order valence-electron chi connectivity index (χ0n) is 7.32. The fourth-order valence-corrected chi connectivity index (χ4v) is 1.46. The van der Waals surface area contributed by atoms with Gasteiger partial charge < -0.3 is 14.6 Å². The number of nitrogens with zero attached hydrogens (tertiary/aromatic N) is 1. The molecule has 70 valence electrons. The first kappa shape index (κ1) is 8.31. The van der Waals surface area contributed by atoms with Crippen LogP contribution in [-0.2, 0) is 4.74 Å². The molecule has 1 aliphatic heterocycles. The van der Waals surface area contributed by atoms with Crippen LogP contribution in [-0.4, -0.2) is 31.3 Å². The Morgan fingerprint density at radius 2 is 2.15 bits per heavy atom. The van der Waals surface area contributed by atoms with Crippen LogP contribution in [0.15, 0.2) is 23.3 Å². The fraction of sp³-hybridized carbons (Fsp3) is 0.444. The molecule has 0 bridgehead atoms. The molecule has 1 saturated heterocycles. The SMILES string of the molecule is O=c1cc[nH]cc1N1CCOCC1. The van der Waals surface area contributed by atoms with Gasteiger partial charge >= 0.3 is 0 Å². The van der Waals surface area contributed by atoms with Gasteiger partial charge in [0.1, 0.15) is 5.69 Å². The highest BCUT2D eigenvalue weighted by Crippen LogP contribution is 2.07. The fourth-order valence-electron chi connectivity index (χ4n) is 1.46. The Hall–Kier alpha value is -1.29. The summed E-state index contributed by atoms with van der Waals surface area (Å²) in [5.41, 5.74) is 0.812. The Morgan fingerprint density at radius 1 is 1.38 bits per heavy atom. The number of aromatic amines is 1. The lowest BCUT2D eigenvalue weighted by molar-refractivity contribution is 0.122. The van der Waals surface area contributed by atoms with Crippen molar-refractivity contribution in [3.8, 4) is 0 Å². The van der Waals surface area contributed by atoms with E-state index in [1.165, 1.54) is 0 Å². The van der Waals surface area contributed by atoms with Crippen molar-refractivity contribution in [2.24, 2.45) is 0 Å². The predicted octanol–water partition coefficient (Wildman–Crippen LogP) is 0.212. The van der Waals surface area contributed by atoms with E-state index in [4.69, 9.17) is 4.74 Å². The van der Waals surface area contributed by atoms with Crippen molar-refractivity contribution in [3.05, 3.63) is 28.7 Å². The summed E-state index contributed by atoms with van der Waals surface area (Å²) in [5, 5.41) is 0. The first-order chi connectivity index (χ1) is 6.38. The molecule has 4 nitrogen and oxygen atoms in total. The van der Waals surface area contributed by atoms with E-state index in [1.807, 2.05) is 4.90 Å². The molecule has 1 aliphatic rings. The molecule has 1 aromatic rings. The molecule has 0 radical (unpaired) electrons. The van der Waals surface area contributed by atoms with Crippen LogP contribution in [0.3, 0.4) is 0 Å². The van der Waals surface area contributed by atoms with Crippen LogP contribution in [0, 0.1) is 0 Å². The van der Waals surface area contributed by atoms with E-state index in [0.717, 1.165) is 18.8 Å². The van der Waals surface area contributed by atoms with Crippen LogP contribution in [0.1, 0.15) is 0 Å². The highest BCUT2D eigenvalue weighted by Gasteiger charge is 2.12. The standard InChI is InChI=1S/C9H12N2O2/c12-9-1-2-10-7-8(9)11-3-5-13-6-4-11/h1-2,7H,3-6H2,(H,10,12). The number of rotatable bonds is 1. The van der Waals surface area contributed by atoms with Crippen molar-refractivity contribution in [2.45, 2.75) is 0 Å². The van der Waals surface area contributed by atoms with Gasteiger partial charge in [0.15, 0.2) is 0 Å². The summed E-state index contributed by atoms with van der Waals surface area (Å²) in [4.78, 5) is 16.4. The highest BCUT2D eigenvalue weighted by molar-refractivity contribution is 5.43. The maximum absolute atomic E-state index is 11.4. The van der Waals surface area contributed by atoms with E-state index >= 15 is 0 Å². The van der Waals surface area contributed by atoms with Gasteiger partial charge in [0.2, 0.25) is 5.43 Å². The van der Waals surface area contributed by atoms with Crippen LogP contribution in [0.4, 0.5) is 5.69 Å². The van der Waals surface area contributed by atoms with Crippen LogP contribution >= 0.6 is 0 Å². The molecule has 0 spiro atoms. The molecule has 2 rings (SSSR count). The largest absolute Gasteiger partial charge is 0.378 e. The highest BCUT2D eigenvalue weighted by atomic mass is 16.5. The second-order valence-electron chi connectivity index (χ2n) is 2.99. The number of morpholine rings is 1. The minimum absolute atomic E-state index is 0.0700. The molecular weight excluding hydrogens is 168 g/mol. The number of anilines is 1. The normalized spacial score (nSPS) is 17.4. The Labute approximate surface area is 76.1 Å². The molecule has 0 aromatic carbocycles. The van der Waals surface area contributed by atoms with Crippen LogP contribution < -0.4 is 10.3 Å². The summed E-state index contributed by atoms with van der Waals surface area (Å²) >= 11 is 0. The van der Waals surface area contributed by atoms with Crippen molar-refractivity contribution in [1.29, 1.82) is 0 Å². The monoisotopic (exact) mass is 180 g/mol. The van der Waals surface area contributed by atoms with Gasteiger partial charge in [-0.05, 0) is 0 Å². The molecule has 0 unspecified atom stereocenters. The molecular formula is C9H12N2O2. The zero-order chi connectivity index (χ0) is 9.10. The third-order valence-corrected chi connectivity index (χ3v) is 2.16. The van der Waals surface area contributed by atoms with Crippen LogP contribution in [0.5, 0.6) is 0 Å². The van der Waals surface area contributed by atoms with Gasteiger partial charge in [0.05, 0.1) is 13.2 Å². The summed E-state index contributed by atoms with van der Waals surface area (Å²) in [6.07, 6.45) is 3.39. The topological polar surface area (TPSA) is 45.3 Å². The summed E-state index contributed by atoms with van der Waals surface area (Å²) in [7, 11) is 0. The maximum Gasteiger partial charge on any atom is 0.204 e. The smallest absolute Gasteiger partial charge is 0.204 e. The number of aromatic nitrogens is 1. The molecule has 1 N–H and O–H groups in total. The van der Waals surface area contributed by atoms with E-state index < -0.39 is 0 Å². The van der Waals surface area contributed by atoms with E-state index in [1.54, 1.807) is 18.5 Å². The first-order valence-electron chi connectivity index (χ1n) is 4.38. The Morgan fingerprint density at radius 3 is 2.85 bits per heavy atom. The Bertz CT molecular complexity index is 328. The van der Waals surface area contributed by atoms with Gasteiger partial charge in [-0.15, -0.1) is 0 Å². The number of nitrogens with one attached hydrogen (secondary N) is 1. The molecule has 1 aromatic heterocycles. The van der Waals surface area contributed by atoms with Gasteiger partial charge in [0.25, 0.3) is 0 Å². The third kappa shape index (κ3) is 1.72. The molecule has 1 fully saturated rings. The zero-order valence-corrected chi connectivity index (χ0v) is 7.32. The van der Waals surface area contributed by atoms with Crippen molar-refractivity contribution in [2.75, 3.05) is 31.2 Å². The lowest BCUT2D eigenvalue weighted by Gasteiger charge is -2.27. The van der Waals surface area contributed by atoms with Crippen molar-refractivity contribution in [3.63, 3.8) is 0 Å². The number of ether oxygens (including phenoxy) is 1. The summed E-state index contributed by atoms with van der Waals surface area (Å²) in [5.74, 6) is 0. The minimum atomic E-state index is 0.0700. The molecule has 2 heterocycles. The second kappa shape index (κ2) is 3.62. The molecule has 0 atom stereocenters. The molecule has 0 amide bonds. The lowest BCUT2D eigenvalue weighted by Crippen LogP contribution is -2.38. The number of pyridine rings is 1. The second-order valence-corrected chi connectivity index (χ2v) is 2.99. The van der Waals surface area contributed by atoms with Crippen molar-refractivity contribution < 1.29 is 4.74 Å². The first-order valence-corrected chi connectivity index (χ1v) is 4.38. The van der Waals surface area contributed by atoms with E-state index in [9.17, 15) is 4.79 Å². The van der Waals surface area contributed by atoms with E-state index in [0.29, 0.717) is 13.2 Å². The van der Waals surface area contributed by atoms with Gasteiger partial charge in [-0.25, -0.2) is 0 Å². The average molecular weight is 180 g/mol. The number of H-pyrrole nitrogens is 1. The van der Waals surface area contributed by atoms with Gasteiger partial charge in [-0.1, -0.05) is 0 Å². The third-order valence-electron chi connectivity index (χ3n) is 2.16. The molecule has 0 saturated carbocycles. The quantitative estimate of drug-likeness (QED) is 0.672. The average Bonchev–Trinajstić information content (AvgIpc) is 2.20. The molecule has 0 aliphatic carbocycles. The van der Waals surface area contributed by atoms with Gasteiger partial charge in [0, 0.05) is 31.5 Å². The summed E-state index contributed by atoms with van der Waals surface area (Å²) in [6, 6.07) is 1.55. The Kier molecular flexibility index (Phi) is 2.31.